The molecule has 0 N–H and O–H groups in total. The molecule has 1 nitrogen and oxygen atoms in total. The molecule has 0 saturated carbocycles. The molecule has 1 rings (SSSR count). The minimum Gasteiger partial charge on any atom is -0.294 e. The van der Waals surface area contributed by atoms with Crippen LogP contribution in [0.25, 0.3) is 0 Å². The average molecular weight is 269 g/mol. The van der Waals surface area contributed by atoms with Crippen LogP contribution < -0.4 is 0 Å². The molecule has 82 valence electrons. The largest absolute Gasteiger partial charge is 0.294 e. The summed E-state index contributed by atoms with van der Waals surface area (Å²) in [4.78, 5) is 12.1. The predicted molar refractivity (Wildman–Crippen MR) is 67.3 cm³/mol. The first-order valence-electron chi connectivity index (χ1n) is 5.36. The van der Waals surface area contributed by atoms with Gasteiger partial charge >= 0.3 is 0 Å². The zero-order chi connectivity index (χ0) is 11.4. The number of hydrogen-bond acceptors (Lipinski definition) is 1. The van der Waals surface area contributed by atoms with Crippen LogP contribution in [0, 0.1) is 12.8 Å². The Balaban J connectivity index is 2.95. The second kappa shape index (κ2) is 5.45. The Labute approximate surface area is 100 Å². The van der Waals surface area contributed by atoms with Crippen molar-refractivity contribution in [3.05, 3.63) is 33.8 Å². The van der Waals surface area contributed by atoms with Crippen LogP contribution in [0.3, 0.4) is 0 Å². The maximum absolute atomic E-state index is 12.1. The number of carbonyl (C=O) groups is 1. The number of hydrogen-bond donors (Lipinski definition) is 0. The van der Waals surface area contributed by atoms with E-state index < -0.39 is 0 Å². The first-order chi connectivity index (χ1) is 7.06. The fourth-order valence-corrected chi connectivity index (χ4v) is 2.05. The van der Waals surface area contributed by atoms with Crippen LogP contribution in [0.15, 0.2) is 22.7 Å². The van der Waals surface area contributed by atoms with Gasteiger partial charge in [0.15, 0.2) is 5.78 Å². The van der Waals surface area contributed by atoms with E-state index in [4.69, 9.17) is 0 Å². The summed E-state index contributed by atoms with van der Waals surface area (Å²) < 4.78 is 0.972. The zero-order valence-corrected chi connectivity index (χ0v) is 11.1. The summed E-state index contributed by atoms with van der Waals surface area (Å²) in [6.07, 6.45) is 2.02. The third kappa shape index (κ3) is 3.16. The minimum absolute atomic E-state index is 0.128. The lowest BCUT2D eigenvalue weighted by Gasteiger charge is -2.11. The molecular formula is C13H17BrO. The minimum atomic E-state index is 0.128. The topological polar surface area (TPSA) is 17.1 Å². The van der Waals surface area contributed by atoms with Gasteiger partial charge in [-0.2, -0.15) is 0 Å². The summed E-state index contributed by atoms with van der Waals surface area (Å²) in [6.45, 7) is 6.10. The molecule has 0 aliphatic carbocycles. The molecular weight excluding hydrogens is 252 g/mol. The number of carbonyl (C=O) groups excluding carboxylic acids is 1. The Bertz CT molecular complexity index is 358. The Hall–Kier alpha value is -0.630. The second-order valence-electron chi connectivity index (χ2n) is 4.01. The lowest BCUT2D eigenvalue weighted by Crippen LogP contribution is -2.12. The van der Waals surface area contributed by atoms with Gasteiger partial charge in [-0.3, -0.25) is 4.79 Å². The van der Waals surface area contributed by atoms with Gasteiger partial charge in [-0.15, -0.1) is 0 Å². The molecule has 0 heterocycles. The maximum atomic E-state index is 12.1. The lowest BCUT2D eigenvalue weighted by molar-refractivity contribution is 0.0923. The van der Waals surface area contributed by atoms with E-state index in [2.05, 4.69) is 22.9 Å². The standard InChI is InChI=1S/C13H17BrO/c1-4-5-10(3)13(15)12-8-11(14)7-6-9(12)2/h6-8,10H,4-5H2,1-3H3. The van der Waals surface area contributed by atoms with Crippen LogP contribution in [-0.4, -0.2) is 5.78 Å². The van der Waals surface area contributed by atoms with Crippen molar-refractivity contribution in [2.75, 3.05) is 0 Å². The fourth-order valence-electron chi connectivity index (χ4n) is 1.69. The van der Waals surface area contributed by atoms with Gasteiger partial charge in [0.05, 0.1) is 0 Å². The molecule has 0 aromatic heterocycles. The highest BCUT2D eigenvalue weighted by Crippen LogP contribution is 2.20. The van der Waals surface area contributed by atoms with Gasteiger partial charge in [-0.05, 0) is 31.0 Å². The fraction of sp³-hybridized carbons (Fsp3) is 0.462. The van der Waals surface area contributed by atoms with Gasteiger partial charge in [0.2, 0.25) is 0 Å². The number of Topliss-reactive ketones (excluding diaryl/α,β-unsaturated/α-hetero) is 1. The van der Waals surface area contributed by atoms with Crippen molar-refractivity contribution < 1.29 is 4.79 Å². The van der Waals surface area contributed by atoms with Crippen LogP contribution >= 0.6 is 15.9 Å². The van der Waals surface area contributed by atoms with E-state index in [1.807, 2.05) is 32.0 Å². The SMILES string of the molecule is CCCC(C)C(=O)c1cc(Br)ccc1C. The second-order valence-corrected chi connectivity index (χ2v) is 4.93. The molecule has 1 atom stereocenters. The molecule has 0 saturated heterocycles. The number of halogens is 1. The van der Waals surface area contributed by atoms with Gasteiger partial charge in [0.25, 0.3) is 0 Å². The smallest absolute Gasteiger partial charge is 0.165 e. The van der Waals surface area contributed by atoms with E-state index >= 15 is 0 Å². The predicted octanol–water partition coefficient (Wildman–Crippen LogP) is 4.38. The van der Waals surface area contributed by atoms with E-state index in [0.717, 1.165) is 28.4 Å². The summed E-state index contributed by atoms with van der Waals surface area (Å²) in [5.41, 5.74) is 1.91. The number of ketones is 1. The highest BCUT2D eigenvalue weighted by atomic mass is 79.9. The summed E-state index contributed by atoms with van der Waals surface area (Å²) in [7, 11) is 0. The summed E-state index contributed by atoms with van der Waals surface area (Å²) in [6, 6.07) is 5.87. The normalized spacial score (nSPS) is 12.5. The van der Waals surface area contributed by atoms with E-state index in [-0.39, 0.29) is 11.7 Å². The first-order valence-corrected chi connectivity index (χ1v) is 6.16. The summed E-state index contributed by atoms with van der Waals surface area (Å²) in [5.74, 6) is 0.388. The van der Waals surface area contributed by atoms with Crippen molar-refractivity contribution in [1.29, 1.82) is 0 Å². The van der Waals surface area contributed by atoms with Crippen LogP contribution in [-0.2, 0) is 0 Å². The molecule has 1 unspecified atom stereocenters. The maximum Gasteiger partial charge on any atom is 0.165 e. The van der Waals surface area contributed by atoms with Crippen LogP contribution in [0.4, 0.5) is 0 Å². The number of aryl methyl sites for hydroxylation is 1. The van der Waals surface area contributed by atoms with Crippen molar-refractivity contribution in [3.8, 4) is 0 Å². The molecule has 0 fully saturated rings. The Morgan fingerprint density at radius 1 is 1.47 bits per heavy atom. The Morgan fingerprint density at radius 3 is 2.73 bits per heavy atom. The van der Waals surface area contributed by atoms with Gasteiger partial charge < -0.3 is 0 Å². The lowest BCUT2D eigenvalue weighted by atomic mass is 9.93. The molecule has 0 aliphatic rings. The Morgan fingerprint density at radius 2 is 2.13 bits per heavy atom. The van der Waals surface area contributed by atoms with Gasteiger partial charge in [-0.1, -0.05) is 42.3 Å². The van der Waals surface area contributed by atoms with Gasteiger partial charge in [0.1, 0.15) is 0 Å². The van der Waals surface area contributed by atoms with E-state index in [1.54, 1.807) is 0 Å². The monoisotopic (exact) mass is 268 g/mol. The van der Waals surface area contributed by atoms with Crippen LogP contribution in [0.2, 0.25) is 0 Å². The van der Waals surface area contributed by atoms with Gasteiger partial charge in [-0.25, -0.2) is 0 Å². The molecule has 2 heteroatoms. The van der Waals surface area contributed by atoms with Crippen molar-refractivity contribution in [1.82, 2.24) is 0 Å². The summed E-state index contributed by atoms with van der Waals surface area (Å²) in [5, 5.41) is 0. The van der Waals surface area contributed by atoms with E-state index in [1.165, 1.54) is 0 Å². The van der Waals surface area contributed by atoms with Crippen molar-refractivity contribution in [2.45, 2.75) is 33.6 Å². The summed E-state index contributed by atoms with van der Waals surface area (Å²) >= 11 is 3.40. The molecule has 0 radical (unpaired) electrons. The molecule has 0 bridgehead atoms. The highest BCUT2D eigenvalue weighted by Gasteiger charge is 2.16. The number of rotatable bonds is 4. The zero-order valence-electron chi connectivity index (χ0n) is 9.51. The van der Waals surface area contributed by atoms with Crippen LogP contribution in [0.1, 0.15) is 42.6 Å². The molecule has 15 heavy (non-hydrogen) atoms. The molecule has 0 amide bonds. The molecule has 1 aromatic rings. The average Bonchev–Trinajstić information content (AvgIpc) is 2.21. The van der Waals surface area contributed by atoms with Crippen molar-refractivity contribution >= 4 is 21.7 Å². The molecule has 1 aromatic carbocycles. The quantitative estimate of drug-likeness (QED) is 0.741. The van der Waals surface area contributed by atoms with Crippen molar-refractivity contribution in [3.63, 3.8) is 0 Å². The molecule has 0 spiro atoms. The van der Waals surface area contributed by atoms with Crippen LogP contribution in [0.5, 0.6) is 0 Å². The molecule has 0 aliphatic heterocycles. The first kappa shape index (κ1) is 12.4. The number of benzene rings is 1. The van der Waals surface area contributed by atoms with E-state index in [9.17, 15) is 4.79 Å². The Kier molecular flexibility index (Phi) is 4.52. The van der Waals surface area contributed by atoms with Gasteiger partial charge in [0, 0.05) is 16.0 Å². The third-order valence-corrected chi connectivity index (χ3v) is 3.13. The van der Waals surface area contributed by atoms with Crippen molar-refractivity contribution in [2.24, 2.45) is 5.92 Å². The third-order valence-electron chi connectivity index (χ3n) is 2.63. The highest BCUT2D eigenvalue weighted by molar-refractivity contribution is 9.10. The van der Waals surface area contributed by atoms with E-state index in [0.29, 0.717) is 0 Å².